The van der Waals surface area contributed by atoms with E-state index in [4.69, 9.17) is 4.98 Å². The number of fused-ring (bicyclic) bond motifs is 9. The second kappa shape index (κ2) is 17.8. The van der Waals surface area contributed by atoms with Crippen molar-refractivity contribution in [3.8, 4) is 56.0 Å². The van der Waals surface area contributed by atoms with Crippen molar-refractivity contribution in [2.24, 2.45) is 0 Å². The largest absolute Gasteiger partial charge is 0.313 e. The van der Waals surface area contributed by atoms with Crippen LogP contribution in [-0.4, -0.2) is 14.1 Å². The molecule has 3 heterocycles. The van der Waals surface area contributed by atoms with Gasteiger partial charge < -0.3 is 9.13 Å². The average Bonchev–Trinajstić information content (AvgIpc) is 4.02. The fourth-order valence-electron chi connectivity index (χ4n) is 9.95. The van der Waals surface area contributed by atoms with Crippen LogP contribution < -0.4 is 0 Å². The van der Waals surface area contributed by atoms with Crippen molar-refractivity contribution in [2.45, 2.75) is 39.5 Å². The Bertz CT molecular complexity index is 3400. The number of nitrogens with zero attached hydrogens (tertiary/aromatic N) is 3. The van der Waals surface area contributed by atoms with Crippen LogP contribution in [0.3, 0.4) is 0 Å². The van der Waals surface area contributed by atoms with Gasteiger partial charge in [0, 0.05) is 56.3 Å². The maximum Gasteiger partial charge on any atom is 0.0801 e. The highest BCUT2D eigenvalue weighted by atomic mass is 33.1. The molecule has 0 spiro atoms. The smallest absolute Gasteiger partial charge is 0.0801 e. The maximum atomic E-state index is 4.99. The van der Waals surface area contributed by atoms with Gasteiger partial charge in [0.25, 0.3) is 0 Å². The highest BCUT2D eigenvalue weighted by molar-refractivity contribution is 8.59. The molecule has 312 valence electrons. The summed E-state index contributed by atoms with van der Waals surface area (Å²) in [5.41, 5.74) is 21.1. The number of para-hydroxylation sites is 3. The van der Waals surface area contributed by atoms with Crippen LogP contribution in [0, 0.1) is 0 Å². The highest BCUT2D eigenvalue weighted by Gasteiger charge is 2.26. The summed E-state index contributed by atoms with van der Waals surface area (Å²) < 4.78 is 4.95. The predicted molar refractivity (Wildman–Crippen MR) is 280 cm³/mol. The van der Waals surface area contributed by atoms with Crippen LogP contribution in [0.1, 0.15) is 55.5 Å². The number of hydrogen-bond acceptors (Lipinski definition) is 3. The zero-order valence-electron chi connectivity index (χ0n) is 36.3. The normalized spacial score (nSPS) is 13.6. The van der Waals surface area contributed by atoms with Gasteiger partial charge in [-0.2, -0.15) is 0 Å². The SMILES string of the molecule is C/C=C\C.CC1CC=Cc2c1n(-c1ccc3c(c1)-c1cc(-c4ccc5c(c4)c4ccccc4n5-c4ccccc4-c4ncccc4-c4ccccc4)ccc1C3)c1ccccc21.SS. The minimum absolute atomic E-state index is 0.454. The van der Waals surface area contributed by atoms with Gasteiger partial charge in [0.15, 0.2) is 0 Å². The first kappa shape index (κ1) is 41.2. The Morgan fingerprint density at radius 1 is 0.531 bits per heavy atom. The minimum Gasteiger partial charge on any atom is -0.313 e. The van der Waals surface area contributed by atoms with E-state index in [2.05, 4.69) is 215 Å². The molecule has 0 saturated heterocycles. The van der Waals surface area contributed by atoms with Gasteiger partial charge in [-0.3, -0.25) is 4.98 Å². The third-order valence-corrected chi connectivity index (χ3v) is 13.0. The maximum absolute atomic E-state index is 4.99. The van der Waals surface area contributed by atoms with E-state index >= 15 is 0 Å². The lowest BCUT2D eigenvalue weighted by atomic mass is 9.93. The van der Waals surface area contributed by atoms with Crippen LogP contribution in [0.15, 0.2) is 194 Å². The molecule has 2 aliphatic carbocycles. The summed E-state index contributed by atoms with van der Waals surface area (Å²) in [7, 11) is 0. The highest BCUT2D eigenvalue weighted by Crippen LogP contribution is 2.45. The molecule has 1 atom stereocenters. The summed E-state index contributed by atoms with van der Waals surface area (Å²) in [6, 6.07) is 62.4. The third kappa shape index (κ3) is 7.10. The van der Waals surface area contributed by atoms with Crippen molar-refractivity contribution in [3.05, 3.63) is 217 Å². The van der Waals surface area contributed by atoms with Gasteiger partial charge in [0.2, 0.25) is 0 Å². The van der Waals surface area contributed by atoms with Crippen molar-refractivity contribution >= 4 is 62.1 Å². The molecule has 3 aromatic heterocycles. The molecule has 5 heteroatoms. The molecule has 0 N–H and O–H groups in total. The molecule has 0 bridgehead atoms. The minimum atomic E-state index is 0.454. The molecule has 7 aromatic carbocycles. The van der Waals surface area contributed by atoms with E-state index in [1.54, 1.807) is 0 Å². The van der Waals surface area contributed by atoms with Gasteiger partial charge in [0.05, 0.1) is 27.9 Å². The van der Waals surface area contributed by atoms with E-state index < -0.39 is 0 Å². The molecule has 64 heavy (non-hydrogen) atoms. The van der Waals surface area contributed by atoms with Crippen LogP contribution in [0.25, 0.3) is 94.8 Å². The van der Waals surface area contributed by atoms with Gasteiger partial charge >= 0.3 is 0 Å². The van der Waals surface area contributed by atoms with Crippen LogP contribution in [0.4, 0.5) is 0 Å². The molecule has 12 rings (SSSR count). The predicted octanol–water partition coefficient (Wildman–Crippen LogP) is 16.6. The molecule has 0 aliphatic heterocycles. The summed E-state index contributed by atoms with van der Waals surface area (Å²) in [6.45, 7) is 6.36. The number of rotatable bonds is 5. The lowest BCUT2D eigenvalue weighted by molar-refractivity contribution is 0.723. The summed E-state index contributed by atoms with van der Waals surface area (Å²) in [6.07, 6.45) is 12.6. The molecule has 0 radical (unpaired) electrons. The Kier molecular flexibility index (Phi) is 11.4. The van der Waals surface area contributed by atoms with Crippen LogP contribution in [0.5, 0.6) is 0 Å². The van der Waals surface area contributed by atoms with E-state index in [-0.39, 0.29) is 0 Å². The van der Waals surface area contributed by atoms with Crippen LogP contribution in [-0.2, 0) is 6.42 Å². The van der Waals surface area contributed by atoms with Crippen LogP contribution in [0.2, 0.25) is 0 Å². The molecule has 0 fully saturated rings. The molecule has 1 unspecified atom stereocenters. The standard InChI is InChI=1S/C55H39N3.C4H8.H2S2/c1-35-13-11-19-45-43-16-5-8-21-50(43)57(55(35)45)41-28-26-40-31-39-25-24-37(32-47(39)48(40)34-41)38-27-29-53-49(33-38)44-17-6-9-22-51(44)58(53)52-23-10-7-18-46(52)54-42(20-12-30-56-54)36-14-3-2-4-15-36;1-3-4-2;1-2/h2-12,14-30,32-35H,13,31H2,1H3;3-4H,1-2H3;1-2H/b;4-3-;. The first-order valence-corrected chi connectivity index (χ1v) is 23.7. The fourth-order valence-corrected chi connectivity index (χ4v) is 9.95. The number of allylic oxidation sites excluding steroid dienone is 3. The van der Waals surface area contributed by atoms with Gasteiger partial charge in [-0.1, -0.05) is 146 Å². The Morgan fingerprint density at radius 2 is 1.16 bits per heavy atom. The molecular formula is C59H49N3S2. The number of thiol groups is 2. The monoisotopic (exact) mass is 863 g/mol. The quantitative estimate of drug-likeness (QED) is 0.100. The Morgan fingerprint density at radius 3 is 1.95 bits per heavy atom. The number of benzene rings is 7. The van der Waals surface area contributed by atoms with E-state index in [0.29, 0.717) is 5.92 Å². The molecule has 0 saturated carbocycles. The second-order valence-electron chi connectivity index (χ2n) is 16.6. The first-order valence-electron chi connectivity index (χ1n) is 22.1. The number of pyridine rings is 1. The van der Waals surface area contributed by atoms with Gasteiger partial charge in [-0.15, -0.1) is 23.3 Å². The van der Waals surface area contributed by atoms with E-state index in [1.807, 2.05) is 38.3 Å². The molecular weight excluding hydrogens is 815 g/mol. The molecule has 3 nitrogen and oxygen atoms in total. The van der Waals surface area contributed by atoms with Crippen molar-refractivity contribution < 1.29 is 0 Å². The summed E-state index contributed by atoms with van der Waals surface area (Å²) in [5, 5.41) is 3.81. The third-order valence-electron chi connectivity index (χ3n) is 13.0. The van der Waals surface area contributed by atoms with Gasteiger partial charge in [-0.05, 0) is 120 Å². The molecule has 10 aromatic rings. The van der Waals surface area contributed by atoms with Gasteiger partial charge in [0.1, 0.15) is 0 Å². The number of hydrogen-bond donors (Lipinski definition) is 2. The zero-order valence-corrected chi connectivity index (χ0v) is 38.1. The van der Waals surface area contributed by atoms with Crippen molar-refractivity contribution in [2.75, 3.05) is 0 Å². The Labute approximate surface area is 386 Å². The van der Waals surface area contributed by atoms with E-state index in [1.165, 1.54) is 83.0 Å². The summed E-state index contributed by atoms with van der Waals surface area (Å²) >= 11 is 6.44. The first-order chi connectivity index (χ1) is 31.6. The second-order valence-corrected chi connectivity index (χ2v) is 16.6. The van der Waals surface area contributed by atoms with Crippen molar-refractivity contribution in [1.29, 1.82) is 0 Å². The Balaban J connectivity index is 0.000000768. The van der Waals surface area contributed by atoms with Gasteiger partial charge in [-0.25, -0.2) is 0 Å². The Hall–Kier alpha value is -6.79. The lowest BCUT2D eigenvalue weighted by Gasteiger charge is -2.20. The average molecular weight is 864 g/mol. The van der Waals surface area contributed by atoms with Crippen molar-refractivity contribution in [1.82, 2.24) is 14.1 Å². The van der Waals surface area contributed by atoms with E-state index in [0.717, 1.165) is 40.9 Å². The topological polar surface area (TPSA) is 22.8 Å². The van der Waals surface area contributed by atoms with Crippen LogP contribution >= 0.6 is 23.3 Å². The van der Waals surface area contributed by atoms with Crippen molar-refractivity contribution in [3.63, 3.8) is 0 Å². The molecule has 2 aliphatic rings. The fraction of sp³-hybridized carbons (Fsp3) is 0.102. The lowest BCUT2D eigenvalue weighted by Crippen LogP contribution is -2.07. The zero-order chi connectivity index (χ0) is 43.7. The summed E-state index contributed by atoms with van der Waals surface area (Å²) in [5.74, 6) is 0.454. The van der Waals surface area contributed by atoms with E-state index in [9.17, 15) is 0 Å². The number of aromatic nitrogens is 3. The molecule has 0 amide bonds. The summed E-state index contributed by atoms with van der Waals surface area (Å²) in [4.78, 5) is 4.99.